The number of nitrogens with zero attached hydrogens (tertiary/aromatic N) is 3. The normalized spacial score (nSPS) is 9.00. The van der Waals surface area contributed by atoms with Crippen LogP contribution in [0.2, 0.25) is 0 Å². The number of benzene rings is 1. The molecule has 0 bridgehead atoms. The number of anilines is 3. The van der Waals surface area contributed by atoms with E-state index in [0.29, 0.717) is 5.95 Å². The van der Waals surface area contributed by atoms with E-state index in [1.807, 2.05) is 37.3 Å². The molecule has 17 heavy (non-hydrogen) atoms. The van der Waals surface area contributed by atoms with E-state index >= 15 is 0 Å². The third kappa shape index (κ3) is 5.31. The molecule has 0 spiro atoms. The van der Waals surface area contributed by atoms with E-state index in [2.05, 4.69) is 20.3 Å². The molecular formula is C11H16N6. The minimum atomic E-state index is 0.242. The van der Waals surface area contributed by atoms with Crippen LogP contribution >= 0.6 is 0 Å². The van der Waals surface area contributed by atoms with Crippen LogP contribution < -0.4 is 16.8 Å². The topological polar surface area (TPSA) is 103 Å². The first-order valence-electron chi connectivity index (χ1n) is 5.21. The number of rotatable bonds is 2. The largest absolute Gasteiger partial charge is 0.399 e. The first kappa shape index (κ1) is 12.7. The fourth-order valence-corrected chi connectivity index (χ4v) is 1.01. The predicted molar refractivity (Wildman–Crippen MR) is 69.3 cm³/mol. The van der Waals surface area contributed by atoms with Crippen LogP contribution in [0.15, 0.2) is 36.7 Å². The van der Waals surface area contributed by atoms with Crippen molar-refractivity contribution in [3.05, 3.63) is 36.7 Å². The molecule has 1 aromatic carbocycles. The Balaban J connectivity index is 0.000000181. The van der Waals surface area contributed by atoms with Crippen LogP contribution in [0.3, 0.4) is 0 Å². The Hall–Kier alpha value is -2.37. The average Bonchev–Trinajstić information content (AvgIpc) is 2.31. The van der Waals surface area contributed by atoms with Gasteiger partial charge in [0.25, 0.3) is 0 Å². The third-order valence-electron chi connectivity index (χ3n) is 1.72. The molecule has 0 unspecified atom stereocenters. The quantitative estimate of drug-likeness (QED) is 0.671. The number of hydrogen-bond acceptors (Lipinski definition) is 6. The Kier molecular flexibility index (Phi) is 5.23. The fourth-order valence-electron chi connectivity index (χ4n) is 1.01. The van der Waals surface area contributed by atoms with Gasteiger partial charge in [-0.3, -0.25) is 0 Å². The summed E-state index contributed by atoms with van der Waals surface area (Å²) in [7, 11) is 0. The van der Waals surface area contributed by atoms with Crippen molar-refractivity contribution in [2.45, 2.75) is 6.92 Å². The van der Waals surface area contributed by atoms with Gasteiger partial charge in [-0.15, -0.1) is 0 Å². The van der Waals surface area contributed by atoms with Crippen LogP contribution in [0.4, 0.5) is 17.6 Å². The van der Waals surface area contributed by atoms with Gasteiger partial charge < -0.3 is 16.8 Å². The maximum absolute atomic E-state index is 5.36. The second kappa shape index (κ2) is 7.00. The van der Waals surface area contributed by atoms with Crippen molar-refractivity contribution in [3.63, 3.8) is 0 Å². The monoisotopic (exact) mass is 232 g/mol. The molecule has 0 saturated carbocycles. The van der Waals surface area contributed by atoms with Crippen molar-refractivity contribution in [3.8, 4) is 0 Å². The molecule has 6 heteroatoms. The van der Waals surface area contributed by atoms with Crippen molar-refractivity contribution in [1.29, 1.82) is 0 Å². The van der Waals surface area contributed by atoms with Gasteiger partial charge in [0.15, 0.2) is 0 Å². The maximum atomic E-state index is 5.36. The molecule has 2 rings (SSSR count). The zero-order valence-electron chi connectivity index (χ0n) is 9.67. The Labute approximate surface area is 100 Å². The molecule has 0 saturated heterocycles. The molecule has 0 aliphatic carbocycles. The first-order valence-corrected chi connectivity index (χ1v) is 5.21. The van der Waals surface area contributed by atoms with Gasteiger partial charge in [-0.25, -0.2) is 9.97 Å². The van der Waals surface area contributed by atoms with Crippen molar-refractivity contribution in [2.24, 2.45) is 0 Å². The predicted octanol–water partition coefficient (Wildman–Crippen LogP) is 1.15. The standard InChI is InChI=1S/C6H7N.C5H9N5/c7-6-4-2-1-3-5-6;1-2-7-5-9-3-8-4(6)10-5/h1-5H,7H2;3H,2H2,1H3,(H3,6,7,8,9,10). The molecule has 2 aromatic rings. The molecule has 0 aliphatic heterocycles. The van der Waals surface area contributed by atoms with Crippen molar-refractivity contribution in [2.75, 3.05) is 23.3 Å². The summed E-state index contributed by atoms with van der Waals surface area (Å²) in [5.74, 6) is 0.765. The maximum Gasteiger partial charge on any atom is 0.227 e. The molecule has 90 valence electrons. The van der Waals surface area contributed by atoms with Gasteiger partial charge in [0.2, 0.25) is 11.9 Å². The lowest BCUT2D eigenvalue weighted by atomic mass is 10.3. The minimum absolute atomic E-state index is 0.242. The highest BCUT2D eigenvalue weighted by Crippen LogP contribution is 1.96. The van der Waals surface area contributed by atoms with E-state index in [-0.39, 0.29) is 5.95 Å². The van der Waals surface area contributed by atoms with E-state index in [1.165, 1.54) is 6.33 Å². The second-order valence-corrected chi connectivity index (χ2v) is 3.11. The van der Waals surface area contributed by atoms with Crippen LogP contribution in [0.1, 0.15) is 6.92 Å². The lowest BCUT2D eigenvalue weighted by molar-refractivity contribution is 1.03. The third-order valence-corrected chi connectivity index (χ3v) is 1.72. The Morgan fingerprint density at radius 3 is 2.29 bits per heavy atom. The number of para-hydroxylation sites is 1. The number of hydrogen-bond donors (Lipinski definition) is 3. The van der Waals surface area contributed by atoms with Gasteiger partial charge in [0.05, 0.1) is 0 Å². The Morgan fingerprint density at radius 1 is 1.12 bits per heavy atom. The van der Waals surface area contributed by atoms with E-state index in [9.17, 15) is 0 Å². The van der Waals surface area contributed by atoms with Crippen molar-refractivity contribution >= 4 is 17.6 Å². The van der Waals surface area contributed by atoms with Crippen LogP contribution in [0.5, 0.6) is 0 Å². The summed E-state index contributed by atoms with van der Waals surface area (Å²) in [4.78, 5) is 11.3. The molecule has 0 fully saturated rings. The second-order valence-electron chi connectivity index (χ2n) is 3.11. The molecule has 0 radical (unpaired) electrons. The Bertz CT molecular complexity index is 431. The van der Waals surface area contributed by atoms with Gasteiger partial charge >= 0.3 is 0 Å². The van der Waals surface area contributed by atoms with E-state index in [0.717, 1.165) is 12.2 Å². The van der Waals surface area contributed by atoms with Gasteiger partial charge in [-0.1, -0.05) is 18.2 Å². The van der Waals surface area contributed by atoms with Gasteiger partial charge in [0.1, 0.15) is 6.33 Å². The van der Waals surface area contributed by atoms with Crippen molar-refractivity contribution < 1.29 is 0 Å². The molecule has 1 heterocycles. The number of nitrogens with two attached hydrogens (primary N) is 2. The Morgan fingerprint density at radius 2 is 1.82 bits per heavy atom. The van der Waals surface area contributed by atoms with E-state index in [1.54, 1.807) is 0 Å². The smallest absolute Gasteiger partial charge is 0.227 e. The lowest BCUT2D eigenvalue weighted by Crippen LogP contribution is -2.04. The average molecular weight is 232 g/mol. The summed E-state index contributed by atoms with van der Waals surface area (Å²) >= 11 is 0. The van der Waals surface area contributed by atoms with Gasteiger partial charge in [0, 0.05) is 12.2 Å². The summed E-state index contributed by atoms with van der Waals surface area (Å²) in [5, 5.41) is 2.91. The summed E-state index contributed by atoms with van der Waals surface area (Å²) < 4.78 is 0. The number of aromatic nitrogens is 3. The number of nitrogen functional groups attached to an aromatic ring is 2. The zero-order chi connectivity index (χ0) is 12.5. The van der Waals surface area contributed by atoms with Crippen LogP contribution in [-0.4, -0.2) is 21.5 Å². The van der Waals surface area contributed by atoms with Crippen LogP contribution in [0, 0.1) is 0 Å². The fraction of sp³-hybridized carbons (Fsp3) is 0.182. The summed E-state index contributed by atoms with van der Waals surface area (Å²) in [6.07, 6.45) is 1.38. The molecule has 0 amide bonds. The number of nitrogens with one attached hydrogen (secondary N) is 1. The van der Waals surface area contributed by atoms with Gasteiger partial charge in [-0.2, -0.15) is 4.98 Å². The zero-order valence-corrected chi connectivity index (χ0v) is 9.67. The molecule has 0 atom stereocenters. The minimum Gasteiger partial charge on any atom is -0.399 e. The van der Waals surface area contributed by atoms with Crippen molar-refractivity contribution in [1.82, 2.24) is 15.0 Å². The summed E-state index contributed by atoms with van der Waals surface area (Å²) in [6, 6.07) is 9.49. The first-order chi connectivity index (χ1) is 8.22. The highest BCUT2D eigenvalue weighted by atomic mass is 15.2. The molecule has 1 aromatic heterocycles. The highest BCUT2D eigenvalue weighted by molar-refractivity contribution is 5.35. The molecule has 6 nitrogen and oxygen atoms in total. The molecule has 5 N–H and O–H groups in total. The lowest BCUT2D eigenvalue weighted by Gasteiger charge is -1.98. The summed E-state index contributed by atoms with van der Waals surface area (Å²) in [6.45, 7) is 2.74. The van der Waals surface area contributed by atoms with E-state index < -0.39 is 0 Å². The van der Waals surface area contributed by atoms with Crippen LogP contribution in [-0.2, 0) is 0 Å². The highest BCUT2D eigenvalue weighted by Gasteiger charge is 1.92. The van der Waals surface area contributed by atoms with Gasteiger partial charge in [-0.05, 0) is 19.1 Å². The SMILES string of the molecule is CCNc1ncnc(N)n1.Nc1ccccc1. The van der Waals surface area contributed by atoms with E-state index in [4.69, 9.17) is 11.5 Å². The molecular weight excluding hydrogens is 216 g/mol. The molecule has 0 aliphatic rings. The van der Waals surface area contributed by atoms with Crippen LogP contribution in [0.25, 0.3) is 0 Å². The summed E-state index contributed by atoms with van der Waals surface area (Å²) in [5.41, 5.74) is 11.5.